The summed E-state index contributed by atoms with van der Waals surface area (Å²) in [6.45, 7) is 5.57. The molecule has 1 aliphatic heterocycles. The van der Waals surface area contributed by atoms with E-state index < -0.39 is 0 Å². The van der Waals surface area contributed by atoms with Gasteiger partial charge in [-0.3, -0.25) is 4.79 Å². The van der Waals surface area contributed by atoms with E-state index in [0.717, 1.165) is 40.6 Å². The highest BCUT2D eigenvalue weighted by molar-refractivity contribution is 5.99. The van der Waals surface area contributed by atoms with Crippen LogP contribution in [0.2, 0.25) is 0 Å². The van der Waals surface area contributed by atoms with Crippen molar-refractivity contribution in [1.82, 2.24) is 19.6 Å². The fraction of sp³-hybridized carbons (Fsp3) is 0.346. The molecule has 7 nitrogen and oxygen atoms in total. The Bertz CT molecular complexity index is 1310. The molecule has 0 atom stereocenters. The molecule has 0 aliphatic carbocycles. The van der Waals surface area contributed by atoms with Crippen molar-refractivity contribution in [2.45, 2.75) is 32.6 Å². The Kier molecular flexibility index (Phi) is 5.40. The molecule has 0 spiro atoms. The normalized spacial score (nSPS) is 14.7. The topological polar surface area (TPSA) is 73.4 Å². The zero-order valence-electron chi connectivity index (χ0n) is 19.5. The Labute approximate surface area is 193 Å². The van der Waals surface area contributed by atoms with Gasteiger partial charge in [-0.05, 0) is 74.7 Å². The van der Waals surface area contributed by atoms with Crippen LogP contribution in [0.15, 0.2) is 47.0 Å². The smallest absolute Gasteiger partial charge is 0.253 e. The Morgan fingerprint density at radius 2 is 1.82 bits per heavy atom. The number of piperidine rings is 1. The number of carbonyl (C=O) groups excluding carboxylic acids is 1. The minimum absolute atomic E-state index is 0.0840. The molecule has 0 saturated carbocycles. The molecule has 1 aliphatic rings. The Morgan fingerprint density at radius 1 is 1.09 bits per heavy atom. The molecule has 1 amide bonds. The lowest BCUT2D eigenvalue weighted by molar-refractivity contribution is 0.0704. The Morgan fingerprint density at radius 3 is 2.52 bits per heavy atom. The van der Waals surface area contributed by atoms with E-state index in [9.17, 15) is 4.79 Å². The van der Waals surface area contributed by atoms with E-state index >= 15 is 0 Å². The standard InChI is InChI=1S/C26H28N4O3/c1-16-17(2)29(3)23-10-7-20(15-22(16)23)26(31)30-13-11-19(12-14-30)25-27-24(28-33-25)18-5-8-21(32-4)9-6-18/h5-10,15,19H,11-14H2,1-4H3. The second-order valence-electron chi connectivity index (χ2n) is 8.75. The van der Waals surface area contributed by atoms with Crippen LogP contribution in [0.4, 0.5) is 0 Å². The number of ether oxygens (including phenoxy) is 1. The number of likely N-dealkylation sites (tertiary alicyclic amines) is 1. The monoisotopic (exact) mass is 444 g/mol. The molecular formula is C26H28N4O3. The number of amides is 1. The summed E-state index contributed by atoms with van der Waals surface area (Å²) in [5.74, 6) is 2.25. The summed E-state index contributed by atoms with van der Waals surface area (Å²) < 4.78 is 13.0. The van der Waals surface area contributed by atoms with Crippen LogP contribution in [0, 0.1) is 13.8 Å². The summed E-state index contributed by atoms with van der Waals surface area (Å²) in [6.07, 6.45) is 1.61. The largest absolute Gasteiger partial charge is 0.497 e. The second-order valence-corrected chi connectivity index (χ2v) is 8.75. The number of rotatable bonds is 4. The summed E-state index contributed by atoms with van der Waals surface area (Å²) >= 11 is 0. The molecule has 1 saturated heterocycles. The van der Waals surface area contributed by atoms with Gasteiger partial charge in [0.2, 0.25) is 11.7 Å². The molecule has 2 aromatic heterocycles. The minimum Gasteiger partial charge on any atom is -0.497 e. The molecule has 1 fully saturated rings. The van der Waals surface area contributed by atoms with Crippen molar-refractivity contribution in [1.29, 1.82) is 0 Å². The third kappa shape index (κ3) is 3.77. The first-order valence-corrected chi connectivity index (χ1v) is 11.3. The molecule has 33 heavy (non-hydrogen) atoms. The second kappa shape index (κ2) is 8.39. The molecule has 4 aromatic rings. The van der Waals surface area contributed by atoms with Gasteiger partial charge in [0.1, 0.15) is 5.75 Å². The number of hydrogen-bond acceptors (Lipinski definition) is 5. The Balaban J connectivity index is 1.26. The summed E-state index contributed by atoms with van der Waals surface area (Å²) in [5.41, 5.74) is 5.24. The number of aromatic nitrogens is 3. The highest BCUT2D eigenvalue weighted by Gasteiger charge is 2.28. The van der Waals surface area contributed by atoms with Gasteiger partial charge >= 0.3 is 0 Å². The summed E-state index contributed by atoms with van der Waals surface area (Å²) in [7, 11) is 3.70. The van der Waals surface area contributed by atoms with Crippen molar-refractivity contribution in [3.05, 3.63) is 65.2 Å². The van der Waals surface area contributed by atoms with Gasteiger partial charge in [0.15, 0.2) is 0 Å². The van der Waals surface area contributed by atoms with Crippen LogP contribution in [0.1, 0.15) is 46.3 Å². The number of fused-ring (bicyclic) bond motifs is 1. The molecule has 0 radical (unpaired) electrons. The van der Waals surface area contributed by atoms with Gasteiger partial charge in [0.05, 0.1) is 7.11 Å². The third-order valence-corrected chi connectivity index (χ3v) is 6.98. The Hall–Kier alpha value is -3.61. The average Bonchev–Trinajstić information content (AvgIpc) is 3.44. The SMILES string of the molecule is COc1ccc(-c2noc(C3CCN(C(=O)c4ccc5c(c4)c(C)c(C)n5C)CC3)n2)cc1. The highest BCUT2D eigenvalue weighted by atomic mass is 16.5. The lowest BCUT2D eigenvalue weighted by Crippen LogP contribution is -2.38. The van der Waals surface area contributed by atoms with Crippen molar-refractivity contribution in [3.63, 3.8) is 0 Å². The fourth-order valence-corrected chi connectivity index (χ4v) is 4.66. The van der Waals surface area contributed by atoms with Gasteiger partial charge in [0, 0.05) is 53.8 Å². The fourth-order valence-electron chi connectivity index (χ4n) is 4.66. The van der Waals surface area contributed by atoms with Gasteiger partial charge in [0.25, 0.3) is 5.91 Å². The van der Waals surface area contributed by atoms with E-state index in [1.54, 1.807) is 7.11 Å². The number of benzene rings is 2. The van der Waals surface area contributed by atoms with Crippen LogP contribution < -0.4 is 4.74 Å². The maximum atomic E-state index is 13.2. The molecular weight excluding hydrogens is 416 g/mol. The van der Waals surface area contributed by atoms with Gasteiger partial charge < -0.3 is 18.7 Å². The third-order valence-electron chi connectivity index (χ3n) is 6.98. The van der Waals surface area contributed by atoms with Gasteiger partial charge in [-0.1, -0.05) is 5.16 Å². The molecule has 170 valence electrons. The van der Waals surface area contributed by atoms with Crippen LogP contribution in [0.3, 0.4) is 0 Å². The molecule has 0 unspecified atom stereocenters. The van der Waals surface area contributed by atoms with E-state index in [4.69, 9.17) is 9.26 Å². The van der Waals surface area contributed by atoms with Crippen molar-refractivity contribution in [3.8, 4) is 17.1 Å². The van der Waals surface area contributed by atoms with Crippen molar-refractivity contribution >= 4 is 16.8 Å². The molecule has 0 bridgehead atoms. The molecule has 2 aromatic carbocycles. The summed E-state index contributed by atoms with van der Waals surface area (Å²) in [4.78, 5) is 19.7. The molecule has 3 heterocycles. The maximum Gasteiger partial charge on any atom is 0.253 e. The zero-order chi connectivity index (χ0) is 23.1. The molecule has 7 heteroatoms. The lowest BCUT2D eigenvalue weighted by atomic mass is 9.96. The molecule has 5 rings (SSSR count). The van der Waals surface area contributed by atoms with Crippen LogP contribution in [-0.2, 0) is 7.05 Å². The van der Waals surface area contributed by atoms with E-state index in [1.807, 2.05) is 41.3 Å². The highest BCUT2D eigenvalue weighted by Crippen LogP contribution is 2.31. The number of methoxy groups -OCH3 is 1. The van der Waals surface area contributed by atoms with Crippen molar-refractivity contribution < 1.29 is 14.1 Å². The lowest BCUT2D eigenvalue weighted by Gasteiger charge is -2.30. The van der Waals surface area contributed by atoms with Gasteiger partial charge in [-0.25, -0.2) is 0 Å². The van der Waals surface area contributed by atoms with Crippen LogP contribution in [0.5, 0.6) is 5.75 Å². The van der Waals surface area contributed by atoms with Gasteiger partial charge in [-0.15, -0.1) is 0 Å². The van der Waals surface area contributed by atoms with Crippen molar-refractivity contribution in [2.24, 2.45) is 7.05 Å². The predicted molar refractivity (Wildman–Crippen MR) is 127 cm³/mol. The predicted octanol–water partition coefficient (Wildman–Crippen LogP) is 4.87. The maximum absolute atomic E-state index is 13.2. The van der Waals surface area contributed by atoms with E-state index in [1.165, 1.54) is 11.3 Å². The van der Waals surface area contributed by atoms with Crippen LogP contribution in [-0.4, -0.2) is 45.7 Å². The quantitative estimate of drug-likeness (QED) is 0.449. The number of carbonyl (C=O) groups is 1. The first-order chi connectivity index (χ1) is 16.0. The van der Waals surface area contributed by atoms with Crippen LogP contribution >= 0.6 is 0 Å². The summed E-state index contributed by atoms with van der Waals surface area (Å²) in [5, 5.41) is 5.30. The zero-order valence-corrected chi connectivity index (χ0v) is 19.5. The average molecular weight is 445 g/mol. The van der Waals surface area contributed by atoms with Crippen LogP contribution in [0.25, 0.3) is 22.3 Å². The van der Waals surface area contributed by atoms with Crippen molar-refractivity contribution in [2.75, 3.05) is 20.2 Å². The van der Waals surface area contributed by atoms with E-state index in [2.05, 4.69) is 41.7 Å². The number of aryl methyl sites for hydroxylation is 2. The first-order valence-electron chi connectivity index (χ1n) is 11.3. The van der Waals surface area contributed by atoms with Gasteiger partial charge in [-0.2, -0.15) is 4.98 Å². The number of hydrogen-bond donors (Lipinski definition) is 0. The minimum atomic E-state index is 0.0840. The molecule has 0 N–H and O–H groups in total. The van der Waals surface area contributed by atoms with E-state index in [-0.39, 0.29) is 11.8 Å². The van der Waals surface area contributed by atoms with E-state index in [0.29, 0.717) is 24.8 Å². The first kappa shape index (κ1) is 21.2. The number of nitrogens with zero attached hydrogens (tertiary/aromatic N) is 4. The summed E-state index contributed by atoms with van der Waals surface area (Å²) in [6, 6.07) is 13.6.